The molecule has 1 aliphatic rings. The second-order valence-electron chi connectivity index (χ2n) is 5.04. The monoisotopic (exact) mass is 396 g/mol. The van der Waals surface area contributed by atoms with Crippen molar-refractivity contribution in [1.29, 1.82) is 0 Å². The van der Waals surface area contributed by atoms with E-state index in [0.717, 1.165) is 16.9 Å². The lowest BCUT2D eigenvalue weighted by atomic mass is 10.1. The Labute approximate surface area is 158 Å². The van der Waals surface area contributed by atoms with Crippen molar-refractivity contribution in [3.8, 4) is 5.75 Å². The van der Waals surface area contributed by atoms with Gasteiger partial charge in [0.25, 0.3) is 5.91 Å². The summed E-state index contributed by atoms with van der Waals surface area (Å²) in [5.74, 6) is 0.134. The molecule has 0 spiro atoms. The Bertz CT molecular complexity index is 912. The number of nitrogen functional groups attached to an aromatic ring is 1. The van der Waals surface area contributed by atoms with Gasteiger partial charge in [-0.2, -0.15) is 5.10 Å². The standard InChI is InChI=1S/C16H11Cl3N4O2/c17-11-13(20)12(18)15(19)22-14(11)16(24)23-21-6-8-5-9-3-1-2-4-10(9)25-7-8/h1-6H,7H2,(H2,20,22)(H,23,24)/b21-6+. The lowest BCUT2D eigenvalue weighted by Gasteiger charge is -2.15. The van der Waals surface area contributed by atoms with Crippen molar-refractivity contribution in [1.82, 2.24) is 10.4 Å². The van der Waals surface area contributed by atoms with Gasteiger partial charge in [0.05, 0.1) is 16.9 Å². The van der Waals surface area contributed by atoms with E-state index in [1.54, 1.807) is 0 Å². The highest BCUT2D eigenvalue weighted by Gasteiger charge is 2.19. The molecule has 3 N–H and O–H groups in total. The molecule has 0 aliphatic carbocycles. The Morgan fingerprint density at radius 2 is 2.04 bits per heavy atom. The number of rotatable bonds is 3. The van der Waals surface area contributed by atoms with E-state index < -0.39 is 5.91 Å². The Morgan fingerprint density at radius 1 is 1.28 bits per heavy atom. The Hall–Kier alpha value is -2.28. The SMILES string of the molecule is Nc1c(Cl)c(Cl)nc(C(=O)N/N=C/C2=Cc3ccccc3OC2)c1Cl. The zero-order valence-corrected chi connectivity index (χ0v) is 14.9. The predicted molar refractivity (Wildman–Crippen MR) is 99.6 cm³/mol. The number of hydrogen-bond acceptors (Lipinski definition) is 5. The average molecular weight is 398 g/mol. The number of hydrazone groups is 1. The largest absolute Gasteiger partial charge is 0.488 e. The van der Waals surface area contributed by atoms with Crippen molar-refractivity contribution in [3.05, 3.63) is 56.3 Å². The smallest absolute Gasteiger partial charge is 0.291 e. The summed E-state index contributed by atoms with van der Waals surface area (Å²) in [5.41, 5.74) is 9.53. The summed E-state index contributed by atoms with van der Waals surface area (Å²) >= 11 is 17.6. The van der Waals surface area contributed by atoms with Gasteiger partial charge in [0.15, 0.2) is 10.8 Å². The first-order chi connectivity index (χ1) is 12.0. The number of hydrogen-bond donors (Lipinski definition) is 2. The molecule has 0 saturated carbocycles. The van der Waals surface area contributed by atoms with Crippen LogP contribution in [0.1, 0.15) is 16.1 Å². The first-order valence-corrected chi connectivity index (χ1v) is 8.16. The topological polar surface area (TPSA) is 89.6 Å². The molecular formula is C16H11Cl3N4O2. The zero-order chi connectivity index (χ0) is 18.0. The molecule has 0 radical (unpaired) electrons. The minimum Gasteiger partial charge on any atom is -0.488 e. The number of carbonyl (C=O) groups is 1. The number of ether oxygens (including phenoxy) is 1. The van der Waals surface area contributed by atoms with Crippen LogP contribution in [0.15, 0.2) is 34.9 Å². The predicted octanol–water partition coefficient (Wildman–Crippen LogP) is 3.82. The first-order valence-electron chi connectivity index (χ1n) is 7.03. The van der Waals surface area contributed by atoms with E-state index in [0.29, 0.717) is 6.61 Å². The van der Waals surface area contributed by atoms with Crippen LogP contribution in [-0.4, -0.2) is 23.7 Å². The van der Waals surface area contributed by atoms with Crippen LogP contribution in [0.3, 0.4) is 0 Å². The lowest BCUT2D eigenvalue weighted by Crippen LogP contribution is -2.21. The van der Waals surface area contributed by atoms with Crippen LogP contribution >= 0.6 is 34.8 Å². The highest BCUT2D eigenvalue weighted by molar-refractivity contribution is 6.46. The molecule has 128 valence electrons. The molecule has 1 amide bonds. The van der Waals surface area contributed by atoms with Crippen molar-refractivity contribution in [2.24, 2.45) is 5.10 Å². The van der Waals surface area contributed by atoms with Crippen LogP contribution in [-0.2, 0) is 0 Å². The van der Waals surface area contributed by atoms with Crippen LogP contribution in [0, 0.1) is 0 Å². The third kappa shape index (κ3) is 3.71. The number of fused-ring (bicyclic) bond motifs is 1. The molecule has 0 bridgehead atoms. The van der Waals surface area contributed by atoms with Gasteiger partial charge in [0.2, 0.25) is 0 Å². The number of halogens is 3. The van der Waals surface area contributed by atoms with Crippen molar-refractivity contribution in [3.63, 3.8) is 0 Å². The second kappa shape index (κ2) is 7.31. The fraction of sp³-hybridized carbons (Fsp3) is 0.0625. The third-order valence-electron chi connectivity index (χ3n) is 3.34. The number of nitrogens with zero attached hydrogens (tertiary/aromatic N) is 2. The molecule has 0 fully saturated rings. The van der Waals surface area contributed by atoms with Crippen molar-refractivity contribution < 1.29 is 9.53 Å². The van der Waals surface area contributed by atoms with Gasteiger partial charge in [-0.3, -0.25) is 4.79 Å². The number of anilines is 1. The van der Waals surface area contributed by atoms with E-state index in [9.17, 15) is 4.79 Å². The van der Waals surface area contributed by atoms with Gasteiger partial charge in [-0.15, -0.1) is 0 Å². The van der Waals surface area contributed by atoms with E-state index in [1.165, 1.54) is 6.21 Å². The number of amides is 1. The molecule has 0 atom stereocenters. The maximum absolute atomic E-state index is 12.1. The summed E-state index contributed by atoms with van der Waals surface area (Å²) in [6, 6.07) is 7.60. The van der Waals surface area contributed by atoms with Crippen molar-refractivity contribution in [2.45, 2.75) is 0 Å². The molecular weight excluding hydrogens is 387 g/mol. The molecule has 9 heteroatoms. The number of carbonyl (C=O) groups excluding carboxylic acids is 1. The fourth-order valence-electron chi connectivity index (χ4n) is 2.12. The Balaban J connectivity index is 1.73. The molecule has 3 rings (SSSR count). The van der Waals surface area contributed by atoms with E-state index in [2.05, 4.69) is 15.5 Å². The number of aromatic nitrogens is 1. The maximum Gasteiger partial charge on any atom is 0.291 e. The number of benzene rings is 1. The number of nitrogens with two attached hydrogens (primary N) is 1. The van der Waals surface area contributed by atoms with Crippen LogP contribution in [0.5, 0.6) is 5.75 Å². The summed E-state index contributed by atoms with van der Waals surface area (Å²) in [6.07, 6.45) is 3.39. The molecule has 1 aliphatic heterocycles. The molecule has 0 saturated heterocycles. The number of pyridine rings is 1. The summed E-state index contributed by atoms with van der Waals surface area (Å²) < 4.78 is 5.59. The van der Waals surface area contributed by atoms with E-state index >= 15 is 0 Å². The van der Waals surface area contributed by atoms with E-state index in [-0.39, 0.29) is 26.6 Å². The summed E-state index contributed by atoms with van der Waals surface area (Å²) in [6.45, 7) is 0.342. The van der Waals surface area contributed by atoms with Crippen LogP contribution < -0.4 is 15.9 Å². The summed E-state index contributed by atoms with van der Waals surface area (Å²) in [7, 11) is 0. The minimum absolute atomic E-state index is 0.00473. The van der Waals surface area contributed by atoms with Crippen LogP contribution in [0.4, 0.5) is 5.69 Å². The first kappa shape index (κ1) is 17.5. The Kier molecular flexibility index (Phi) is 5.13. The molecule has 1 aromatic carbocycles. The summed E-state index contributed by atoms with van der Waals surface area (Å²) in [4.78, 5) is 16.0. The minimum atomic E-state index is -0.663. The van der Waals surface area contributed by atoms with Gasteiger partial charge < -0.3 is 10.5 Å². The van der Waals surface area contributed by atoms with E-state index in [4.69, 9.17) is 45.3 Å². The highest BCUT2D eigenvalue weighted by Crippen LogP contribution is 2.34. The number of nitrogens with one attached hydrogen (secondary N) is 1. The van der Waals surface area contributed by atoms with E-state index in [1.807, 2.05) is 30.3 Å². The molecule has 25 heavy (non-hydrogen) atoms. The zero-order valence-electron chi connectivity index (χ0n) is 12.6. The highest BCUT2D eigenvalue weighted by atomic mass is 35.5. The van der Waals surface area contributed by atoms with Gasteiger partial charge in [-0.25, -0.2) is 10.4 Å². The van der Waals surface area contributed by atoms with Gasteiger partial charge in [0.1, 0.15) is 17.4 Å². The molecule has 6 nitrogen and oxygen atoms in total. The summed E-state index contributed by atoms with van der Waals surface area (Å²) in [5, 5.41) is 3.67. The van der Waals surface area contributed by atoms with Gasteiger partial charge >= 0.3 is 0 Å². The normalized spacial score (nSPS) is 13.2. The molecule has 0 unspecified atom stereocenters. The lowest BCUT2D eigenvalue weighted by molar-refractivity contribution is 0.0950. The quantitative estimate of drug-likeness (QED) is 0.468. The third-order valence-corrected chi connectivity index (χ3v) is 4.47. The average Bonchev–Trinajstić information content (AvgIpc) is 2.62. The van der Waals surface area contributed by atoms with Gasteiger partial charge in [0, 0.05) is 11.1 Å². The maximum atomic E-state index is 12.1. The van der Waals surface area contributed by atoms with Crippen LogP contribution in [0.25, 0.3) is 6.08 Å². The van der Waals surface area contributed by atoms with Crippen molar-refractivity contribution in [2.75, 3.05) is 12.3 Å². The van der Waals surface area contributed by atoms with Gasteiger partial charge in [-0.05, 0) is 12.1 Å². The molecule has 1 aromatic heterocycles. The van der Waals surface area contributed by atoms with Crippen molar-refractivity contribution >= 4 is 58.7 Å². The Morgan fingerprint density at radius 3 is 2.84 bits per heavy atom. The fourth-order valence-corrected chi connectivity index (χ4v) is 2.71. The number of para-hydroxylation sites is 1. The van der Waals surface area contributed by atoms with Crippen LogP contribution in [0.2, 0.25) is 15.2 Å². The van der Waals surface area contributed by atoms with Gasteiger partial charge in [-0.1, -0.05) is 53.0 Å². The second-order valence-corrected chi connectivity index (χ2v) is 6.15. The molecule has 2 heterocycles. The molecule has 2 aromatic rings.